The van der Waals surface area contributed by atoms with E-state index in [4.69, 9.17) is 5.11 Å². The molecule has 1 fully saturated rings. The molecular formula is C12H23N3O3. The summed E-state index contributed by atoms with van der Waals surface area (Å²) in [5.74, 6) is -0.831. The molecular weight excluding hydrogens is 234 g/mol. The van der Waals surface area contributed by atoms with Crippen LogP contribution in [0.1, 0.15) is 32.1 Å². The van der Waals surface area contributed by atoms with Crippen molar-refractivity contribution in [2.24, 2.45) is 0 Å². The standard InChI is InChI=1S/C12H23N3O3/c16-11(17)5-3-6-13-12(18)14-7-4-10-15-8-1-2-9-15/h1-10H2,(H,16,17)(H2,13,14,18). The van der Waals surface area contributed by atoms with Gasteiger partial charge >= 0.3 is 12.0 Å². The SMILES string of the molecule is O=C(O)CCCNC(=O)NCCCN1CCCC1. The minimum atomic E-state index is -0.831. The zero-order valence-electron chi connectivity index (χ0n) is 10.8. The maximum absolute atomic E-state index is 11.3. The van der Waals surface area contributed by atoms with E-state index in [9.17, 15) is 9.59 Å². The van der Waals surface area contributed by atoms with Crippen molar-refractivity contribution in [1.82, 2.24) is 15.5 Å². The van der Waals surface area contributed by atoms with Crippen molar-refractivity contribution in [2.45, 2.75) is 32.1 Å². The van der Waals surface area contributed by atoms with Crippen LogP contribution in [0.3, 0.4) is 0 Å². The van der Waals surface area contributed by atoms with E-state index >= 15 is 0 Å². The highest BCUT2D eigenvalue weighted by Crippen LogP contribution is 2.06. The van der Waals surface area contributed by atoms with Crippen LogP contribution in [0.15, 0.2) is 0 Å². The first-order valence-electron chi connectivity index (χ1n) is 6.64. The summed E-state index contributed by atoms with van der Waals surface area (Å²) in [6, 6.07) is -0.207. The second-order valence-electron chi connectivity index (χ2n) is 4.58. The Morgan fingerprint density at radius 3 is 2.28 bits per heavy atom. The zero-order chi connectivity index (χ0) is 13.2. The van der Waals surface area contributed by atoms with Gasteiger partial charge in [0.25, 0.3) is 0 Å². The first kappa shape index (κ1) is 14.8. The molecule has 0 saturated carbocycles. The Morgan fingerprint density at radius 2 is 1.67 bits per heavy atom. The van der Waals surface area contributed by atoms with Gasteiger partial charge < -0.3 is 20.6 Å². The van der Waals surface area contributed by atoms with Crippen molar-refractivity contribution >= 4 is 12.0 Å². The second kappa shape index (κ2) is 8.74. The third-order valence-corrected chi connectivity index (χ3v) is 2.99. The average Bonchev–Trinajstić information content (AvgIpc) is 2.83. The van der Waals surface area contributed by atoms with Crippen LogP contribution in [-0.2, 0) is 4.79 Å². The van der Waals surface area contributed by atoms with E-state index in [0.29, 0.717) is 19.5 Å². The van der Waals surface area contributed by atoms with Crippen molar-refractivity contribution in [3.05, 3.63) is 0 Å². The lowest BCUT2D eigenvalue weighted by Gasteiger charge is -2.14. The van der Waals surface area contributed by atoms with Gasteiger partial charge in [-0.2, -0.15) is 0 Å². The molecule has 0 atom stereocenters. The normalized spacial score (nSPS) is 15.6. The number of nitrogens with one attached hydrogen (secondary N) is 2. The summed E-state index contributed by atoms with van der Waals surface area (Å²) in [5, 5.41) is 13.8. The molecule has 0 radical (unpaired) electrons. The molecule has 3 N–H and O–H groups in total. The highest BCUT2D eigenvalue weighted by atomic mass is 16.4. The number of carbonyl (C=O) groups excluding carboxylic acids is 1. The van der Waals surface area contributed by atoms with Gasteiger partial charge in [0, 0.05) is 19.5 Å². The van der Waals surface area contributed by atoms with Gasteiger partial charge in [-0.25, -0.2) is 4.79 Å². The number of carbonyl (C=O) groups is 2. The summed E-state index contributed by atoms with van der Waals surface area (Å²) in [6.07, 6.45) is 4.10. The topological polar surface area (TPSA) is 81.7 Å². The molecule has 1 aliphatic heterocycles. The molecule has 2 amide bonds. The van der Waals surface area contributed by atoms with Gasteiger partial charge in [0.15, 0.2) is 0 Å². The maximum Gasteiger partial charge on any atom is 0.314 e. The van der Waals surface area contributed by atoms with Crippen LogP contribution < -0.4 is 10.6 Å². The molecule has 0 bridgehead atoms. The van der Waals surface area contributed by atoms with Gasteiger partial charge in [0.1, 0.15) is 0 Å². The van der Waals surface area contributed by atoms with E-state index in [1.54, 1.807) is 0 Å². The van der Waals surface area contributed by atoms with Crippen molar-refractivity contribution in [1.29, 1.82) is 0 Å². The molecule has 0 aromatic carbocycles. The molecule has 104 valence electrons. The van der Waals surface area contributed by atoms with Crippen LogP contribution in [0.25, 0.3) is 0 Å². The highest BCUT2D eigenvalue weighted by molar-refractivity contribution is 5.73. The summed E-state index contributed by atoms with van der Waals surface area (Å²) in [7, 11) is 0. The molecule has 0 aromatic rings. The largest absolute Gasteiger partial charge is 0.481 e. The van der Waals surface area contributed by atoms with Crippen LogP contribution in [0, 0.1) is 0 Å². The van der Waals surface area contributed by atoms with Crippen LogP contribution in [0.4, 0.5) is 4.79 Å². The van der Waals surface area contributed by atoms with Gasteiger partial charge in [0.2, 0.25) is 0 Å². The molecule has 0 spiro atoms. The number of aliphatic carboxylic acids is 1. The van der Waals surface area contributed by atoms with Gasteiger partial charge in [-0.05, 0) is 45.3 Å². The van der Waals surface area contributed by atoms with Gasteiger partial charge in [0.05, 0.1) is 0 Å². The van der Waals surface area contributed by atoms with Gasteiger partial charge in [-0.1, -0.05) is 0 Å². The monoisotopic (exact) mass is 257 g/mol. The van der Waals surface area contributed by atoms with Gasteiger partial charge in [-0.3, -0.25) is 4.79 Å². The molecule has 0 aromatic heterocycles. The molecule has 0 aliphatic carbocycles. The minimum absolute atomic E-state index is 0.0925. The Hall–Kier alpha value is -1.30. The third-order valence-electron chi connectivity index (χ3n) is 2.99. The average molecular weight is 257 g/mol. The highest BCUT2D eigenvalue weighted by Gasteiger charge is 2.10. The fourth-order valence-corrected chi connectivity index (χ4v) is 2.01. The maximum atomic E-state index is 11.3. The van der Waals surface area contributed by atoms with Crippen molar-refractivity contribution in [2.75, 3.05) is 32.7 Å². The lowest BCUT2D eigenvalue weighted by atomic mass is 10.3. The summed E-state index contributed by atoms with van der Waals surface area (Å²) < 4.78 is 0. The van der Waals surface area contributed by atoms with Crippen molar-refractivity contribution in [3.63, 3.8) is 0 Å². The fraction of sp³-hybridized carbons (Fsp3) is 0.833. The van der Waals surface area contributed by atoms with E-state index in [2.05, 4.69) is 15.5 Å². The van der Waals surface area contributed by atoms with Gasteiger partial charge in [-0.15, -0.1) is 0 Å². The number of hydrogen-bond acceptors (Lipinski definition) is 3. The number of rotatable bonds is 8. The lowest BCUT2D eigenvalue weighted by Crippen LogP contribution is -2.37. The van der Waals surface area contributed by atoms with Crippen LogP contribution in [0.5, 0.6) is 0 Å². The molecule has 6 heteroatoms. The smallest absolute Gasteiger partial charge is 0.314 e. The summed E-state index contributed by atoms with van der Waals surface area (Å²) in [5.41, 5.74) is 0. The number of carboxylic acid groups (broad SMARTS) is 1. The number of urea groups is 1. The second-order valence-corrected chi connectivity index (χ2v) is 4.58. The van der Waals surface area contributed by atoms with Crippen LogP contribution >= 0.6 is 0 Å². The minimum Gasteiger partial charge on any atom is -0.481 e. The number of carboxylic acids is 1. The molecule has 6 nitrogen and oxygen atoms in total. The summed E-state index contributed by atoms with van der Waals surface area (Å²) in [6.45, 7) is 4.48. The zero-order valence-corrected chi connectivity index (χ0v) is 10.8. The molecule has 1 aliphatic rings. The number of hydrogen-bond donors (Lipinski definition) is 3. The summed E-state index contributed by atoms with van der Waals surface area (Å²) in [4.78, 5) is 24.0. The Kier molecular flexibility index (Phi) is 7.17. The number of nitrogens with zero attached hydrogens (tertiary/aromatic N) is 1. The Labute approximate surface area is 108 Å². The number of likely N-dealkylation sites (tertiary alicyclic amines) is 1. The first-order valence-corrected chi connectivity index (χ1v) is 6.64. The van der Waals surface area contributed by atoms with E-state index in [-0.39, 0.29) is 12.5 Å². The third kappa shape index (κ3) is 7.11. The van der Waals surface area contributed by atoms with E-state index in [0.717, 1.165) is 13.0 Å². The molecule has 18 heavy (non-hydrogen) atoms. The number of amides is 2. The van der Waals surface area contributed by atoms with Crippen LogP contribution in [-0.4, -0.2) is 54.7 Å². The quantitative estimate of drug-likeness (QED) is 0.557. The predicted molar refractivity (Wildman–Crippen MR) is 68.6 cm³/mol. The van der Waals surface area contributed by atoms with E-state index < -0.39 is 5.97 Å². The molecule has 0 unspecified atom stereocenters. The molecule has 1 rings (SSSR count). The Balaban J connectivity index is 1.88. The van der Waals surface area contributed by atoms with Crippen molar-refractivity contribution in [3.8, 4) is 0 Å². The van der Waals surface area contributed by atoms with Crippen molar-refractivity contribution < 1.29 is 14.7 Å². The molecule has 1 heterocycles. The predicted octanol–water partition coefficient (Wildman–Crippen LogP) is 0.636. The van der Waals surface area contributed by atoms with E-state index in [1.807, 2.05) is 0 Å². The fourth-order valence-electron chi connectivity index (χ4n) is 2.01. The first-order chi connectivity index (χ1) is 8.68. The molecule has 1 saturated heterocycles. The lowest BCUT2D eigenvalue weighted by molar-refractivity contribution is -0.137. The Bertz CT molecular complexity index is 265. The summed E-state index contributed by atoms with van der Waals surface area (Å²) >= 11 is 0. The van der Waals surface area contributed by atoms with E-state index in [1.165, 1.54) is 25.9 Å². The van der Waals surface area contributed by atoms with Crippen LogP contribution in [0.2, 0.25) is 0 Å². The Morgan fingerprint density at radius 1 is 1.06 bits per heavy atom.